The predicted octanol–water partition coefficient (Wildman–Crippen LogP) is 0.646. The Kier molecular flexibility index (Phi) is 4.11. The number of hydrogen-bond acceptors (Lipinski definition) is 3. The van der Waals surface area contributed by atoms with E-state index in [1.807, 2.05) is 0 Å². The molecule has 1 atom stereocenters. The Morgan fingerprint density at radius 1 is 1.47 bits per heavy atom. The second-order valence-electron chi connectivity index (χ2n) is 4.67. The lowest BCUT2D eigenvalue weighted by Crippen LogP contribution is -2.56. The first kappa shape index (κ1) is 13.9. The molecule has 0 saturated carbocycles. The second-order valence-corrected chi connectivity index (χ2v) is 4.67. The SMILES string of the molecule is Cc1cc(C(=O)N2CCNCC2CN)c(F)cc1F. The molecule has 1 aliphatic heterocycles. The second kappa shape index (κ2) is 5.63. The van der Waals surface area contributed by atoms with E-state index in [-0.39, 0.29) is 17.2 Å². The lowest BCUT2D eigenvalue weighted by molar-refractivity contribution is 0.0639. The van der Waals surface area contributed by atoms with Crippen molar-refractivity contribution in [1.82, 2.24) is 10.2 Å². The van der Waals surface area contributed by atoms with Gasteiger partial charge in [0.1, 0.15) is 11.6 Å². The first-order valence-electron chi connectivity index (χ1n) is 6.22. The summed E-state index contributed by atoms with van der Waals surface area (Å²) in [6.45, 7) is 3.51. The fourth-order valence-corrected chi connectivity index (χ4v) is 2.21. The Balaban J connectivity index is 2.30. The quantitative estimate of drug-likeness (QED) is 0.828. The third-order valence-corrected chi connectivity index (χ3v) is 3.36. The number of hydrogen-bond donors (Lipinski definition) is 2. The van der Waals surface area contributed by atoms with Crippen LogP contribution in [-0.4, -0.2) is 43.0 Å². The molecule has 4 nitrogen and oxygen atoms in total. The monoisotopic (exact) mass is 269 g/mol. The van der Waals surface area contributed by atoms with Gasteiger partial charge in [-0.2, -0.15) is 0 Å². The Labute approximate surface area is 110 Å². The van der Waals surface area contributed by atoms with Crippen LogP contribution in [0.2, 0.25) is 0 Å². The van der Waals surface area contributed by atoms with Gasteiger partial charge in [0.05, 0.1) is 11.6 Å². The molecule has 0 radical (unpaired) electrons. The van der Waals surface area contributed by atoms with Crippen LogP contribution in [0.5, 0.6) is 0 Å². The molecule has 0 spiro atoms. The molecule has 0 aromatic heterocycles. The van der Waals surface area contributed by atoms with E-state index in [1.165, 1.54) is 13.0 Å². The van der Waals surface area contributed by atoms with Gasteiger partial charge in [-0.1, -0.05) is 0 Å². The van der Waals surface area contributed by atoms with Gasteiger partial charge >= 0.3 is 0 Å². The van der Waals surface area contributed by atoms with Gasteiger partial charge in [0.25, 0.3) is 5.91 Å². The smallest absolute Gasteiger partial charge is 0.257 e. The van der Waals surface area contributed by atoms with Crippen LogP contribution >= 0.6 is 0 Å². The molecule has 1 unspecified atom stereocenters. The fraction of sp³-hybridized carbons (Fsp3) is 0.462. The van der Waals surface area contributed by atoms with Crippen molar-refractivity contribution in [2.45, 2.75) is 13.0 Å². The summed E-state index contributed by atoms with van der Waals surface area (Å²) in [5, 5.41) is 3.13. The van der Waals surface area contributed by atoms with E-state index in [4.69, 9.17) is 5.73 Å². The maximum atomic E-state index is 13.7. The molecule has 0 aliphatic carbocycles. The van der Waals surface area contributed by atoms with E-state index >= 15 is 0 Å². The van der Waals surface area contributed by atoms with Gasteiger partial charge in [-0.15, -0.1) is 0 Å². The molecular weight excluding hydrogens is 252 g/mol. The number of amides is 1. The summed E-state index contributed by atoms with van der Waals surface area (Å²) in [5.74, 6) is -1.91. The van der Waals surface area contributed by atoms with Crippen LogP contribution in [0.4, 0.5) is 8.78 Å². The van der Waals surface area contributed by atoms with Gasteiger partial charge in [-0.25, -0.2) is 8.78 Å². The van der Waals surface area contributed by atoms with Crippen molar-refractivity contribution < 1.29 is 13.6 Å². The standard InChI is InChI=1S/C13H17F2N3O/c1-8-4-10(12(15)5-11(8)14)13(19)18-3-2-17-7-9(18)6-16/h4-5,9,17H,2-3,6-7,16H2,1H3. The van der Waals surface area contributed by atoms with Crippen LogP contribution in [0.3, 0.4) is 0 Å². The molecule has 19 heavy (non-hydrogen) atoms. The summed E-state index contributed by atoms with van der Waals surface area (Å²) in [7, 11) is 0. The van der Waals surface area contributed by atoms with Crippen LogP contribution in [0, 0.1) is 18.6 Å². The van der Waals surface area contributed by atoms with Gasteiger partial charge in [-0.3, -0.25) is 4.79 Å². The minimum atomic E-state index is -0.831. The number of carbonyl (C=O) groups is 1. The van der Waals surface area contributed by atoms with Crippen LogP contribution in [-0.2, 0) is 0 Å². The van der Waals surface area contributed by atoms with Gasteiger partial charge in [0, 0.05) is 32.2 Å². The summed E-state index contributed by atoms with van der Waals surface area (Å²) < 4.78 is 26.9. The molecule has 2 rings (SSSR count). The molecule has 1 fully saturated rings. The predicted molar refractivity (Wildman–Crippen MR) is 67.8 cm³/mol. The number of rotatable bonds is 2. The van der Waals surface area contributed by atoms with Gasteiger partial charge in [0.2, 0.25) is 0 Å². The molecule has 1 amide bonds. The minimum Gasteiger partial charge on any atom is -0.332 e. The average Bonchev–Trinajstić information content (AvgIpc) is 2.42. The van der Waals surface area contributed by atoms with Crippen molar-refractivity contribution in [2.75, 3.05) is 26.2 Å². The zero-order valence-corrected chi connectivity index (χ0v) is 10.7. The molecule has 1 aromatic carbocycles. The topological polar surface area (TPSA) is 58.4 Å². The highest BCUT2D eigenvalue weighted by molar-refractivity contribution is 5.95. The third-order valence-electron chi connectivity index (χ3n) is 3.36. The molecule has 6 heteroatoms. The fourth-order valence-electron chi connectivity index (χ4n) is 2.21. The van der Waals surface area contributed by atoms with E-state index in [0.29, 0.717) is 26.2 Å². The number of benzene rings is 1. The summed E-state index contributed by atoms with van der Waals surface area (Å²) in [5.41, 5.74) is 5.77. The molecule has 1 aliphatic rings. The minimum absolute atomic E-state index is 0.0979. The molecule has 3 N–H and O–H groups in total. The Morgan fingerprint density at radius 3 is 2.89 bits per heavy atom. The van der Waals surface area contributed by atoms with Crippen LogP contribution in [0.15, 0.2) is 12.1 Å². The van der Waals surface area contributed by atoms with Crippen molar-refractivity contribution in [3.63, 3.8) is 0 Å². The first-order valence-corrected chi connectivity index (χ1v) is 6.22. The molecule has 1 heterocycles. The number of piperazine rings is 1. The molecule has 1 aromatic rings. The largest absolute Gasteiger partial charge is 0.332 e. The molecule has 1 saturated heterocycles. The zero-order valence-electron chi connectivity index (χ0n) is 10.7. The van der Waals surface area contributed by atoms with Gasteiger partial charge in [-0.05, 0) is 18.6 Å². The summed E-state index contributed by atoms with van der Waals surface area (Å²) in [6, 6.07) is 1.84. The van der Waals surface area contributed by atoms with Gasteiger partial charge in [0.15, 0.2) is 0 Å². The lowest BCUT2D eigenvalue weighted by atomic mass is 10.1. The highest BCUT2D eigenvalue weighted by Crippen LogP contribution is 2.17. The normalized spacial score (nSPS) is 19.6. The zero-order chi connectivity index (χ0) is 14.0. The van der Waals surface area contributed by atoms with E-state index in [1.54, 1.807) is 4.90 Å². The van der Waals surface area contributed by atoms with E-state index < -0.39 is 17.5 Å². The third kappa shape index (κ3) is 2.74. The lowest BCUT2D eigenvalue weighted by Gasteiger charge is -2.35. The number of nitrogens with two attached hydrogens (primary N) is 1. The molecule has 104 valence electrons. The first-order chi connectivity index (χ1) is 9.04. The summed E-state index contributed by atoms with van der Waals surface area (Å²) in [4.78, 5) is 13.9. The van der Waals surface area contributed by atoms with Crippen molar-refractivity contribution >= 4 is 5.91 Å². The van der Waals surface area contributed by atoms with Crippen molar-refractivity contribution in [1.29, 1.82) is 0 Å². The number of nitrogens with one attached hydrogen (secondary N) is 1. The highest BCUT2D eigenvalue weighted by atomic mass is 19.1. The van der Waals surface area contributed by atoms with Crippen molar-refractivity contribution in [3.8, 4) is 0 Å². The number of halogens is 2. The van der Waals surface area contributed by atoms with E-state index in [0.717, 1.165) is 6.07 Å². The summed E-state index contributed by atoms with van der Waals surface area (Å²) >= 11 is 0. The average molecular weight is 269 g/mol. The number of nitrogens with zero attached hydrogens (tertiary/aromatic N) is 1. The van der Waals surface area contributed by atoms with E-state index in [9.17, 15) is 13.6 Å². The Bertz CT molecular complexity index is 493. The van der Waals surface area contributed by atoms with E-state index in [2.05, 4.69) is 5.32 Å². The van der Waals surface area contributed by atoms with Crippen LogP contribution in [0.1, 0.15) is 15.9 Å². The van der Waals surface area contributed by atoms with Crippen molar-refractivity contribution in [3.05, 3.63) is 34.9 Å². The van der Waals surface area contributed by atoms with Crippen molar-refractivity contribution in [2.24, 2.45) is 5.73 Å². The maximum absolute atomic E-state index is 13.7. The van der Waals surface area contributed by atoms with Crippen LogP contribution < -0.4 is 11.1 Å². The molecule has 0 bridgehead atoms. The van der Waals surface area contributed by atoms with Gasteiger partial charge < -0.3 is 16.0 Å². The van der Waals surface area contributed by atoms with Crippen LogP contribution in [0.25, 0.3) is 0 Å². The number of carbonyl (C=O) groups excluding carboxylic acids is 1. The Morgan fingerprint density at radius 2 is 2.21 bits per heavy atom. The molecular formula is C13H17F2N3O. The maximum Gasteiger partial charge on any atom is 0.257 e. The summed E-state index contributed by atoms with van der Waals surface area (Å²) in [6.07, 6.45) is 0. The highest BCUT2D eigenvalue weighted by Gasteiger charge is 2.28. The Hall–Kier alpha value is -1.53. The number of aryl methyl sites for hydroxylation is 1.